The summed E-state index contributed by atoms with van der Waals surface area (Å²) >= 11 is 5.22. The molecule has 0 heterocycles. The first-order valence-electron chi connectivity index (χ1n) is 8.25. The minimum atomic E-state index is -0.566. The van der Waals surface area contributed by atoms with Crippen molar-refractivity contribution < 1.29 is 23.5 Å². The van der Waals surface area contributed by atoms with Crippen LogP contribution in [0.2, 0.25) is 0 Å². The summed E-state index contributed by atoms with van der Waals surface area (Å²) in [5, 5.41) is 5.98. The Labute approximate surface area is 161 Å². The van der Waals surface area contributed by atoms with E-state index < -0.39 is 11.9 Å². The van der Waals surface area contributed by atoms with Gasteiger partial charge in [-0.2, -0.15) is 0 Å². The van der Waals surface area contributed by atoms with Gasteiger partial charge in [0.05, 0.1) is 24.3 Å². The lowest BCUT2D eigenvalue weighted by atomic mass is 10.1. The molecule has 0 bridgehead atoms. The first-order chi connectivity index (χ1) is 12.9. The molecule has 142 valence electrons. The van der Waals surface area contributed by atoms with E-state index in [9.17, 15) is 14.0 Å². The third kappa shape index (κ3) is 6.03. The minimum Gasteiger partial charge on any atom is -0.462 e. The van der Waals surface area contributed by atoms with Gasteiger partial charge in [0.2, 0.25) is 0 Å². The molecule has 0 amide bonds. The number of carbonyl (C=O) groups excluding carboxylic acids is 2. The molecule has 2 rings (SSSR count). The van der Waals surface area contributed by atoms with Crippen molar-refractivity contribution in [2.45, 2.75) is 13.8 Å². The molecule has 0 fully saturated rings. The van der Waals surface area contributed by atoms with Gasteiger partial charge in [0, 0.05) is 11.4 Å². The van der Waals surface area contributed by atoms with Crippen LogP contribution in [-0.4, -0.2) is 30.3 Å². The molecule has 0 aliphatic heterocycles. The Bertz CT molecular complexity index is 804. The summed E-state index contributed by atoms with van der Waals surface area (Å²) in [6, 6.07) is 10.1. The van der Waals surface area contributed by atoms with E-state index in [0.29, 0.717) is 11.4 Å². The van der Waals surface area contributed by atoms with Crippen LogP contribution < -0.4 is 10.6 Å². The lowest BCUT2D eigenvalue weighted by Gasteiger charge is -2.13. The topological polar surface area (TPSA) is 76.7 Å². The number of anilines is 2. The lowest BCUT2D eigenvalue weighted by molar-refractivity contribution is 0.0525. The Balaban J connectivity index is 2.22. The van der Waals surface area contributed by atoms with Crippen LogP contribution in [-0.2, 0) is 9.47 Å². The number of benzene rings is 2. The highest BCUT2D eigenvalue weighted by molar-refractivity contribution is 7.80. The smallest absolute Gasteiger partial charge is 0.338 e. The molecule has 0 aliphatic carbocycles. The van der Waals surface area contributed by atoms with Gasteiger partial charge in [-0.25, -0.2) is 14.0 Å². The maximum Gasteiger partial charge on any atom is 0.338 e. The van der Waals surface area contributed by atoms with Crippen molar-refractivity contribution >= 4 is 40.6 Å². The molecule has 2 aromatic carbocycles. The number of halogens is 1. The fourth-order valence-corrected chi connectivity index (χ4v) is 2.43. The summed E-state index contributed by atoms with van der Waals surface area (Å²) in [5.74, 6) is -1.49. The first kappa shape index (κ1) is 20.3. The van der Waals surface area contributed by atoms with Crippen molar-refractivity contribution in [3.05, 3.63) is 59.4 Å². The fourth-order valence-electron chi connectivity index (χ4n) is 2.19. The van der Waals surface area contributed by atoms with Gasteiger partial charge in [0.15, 0.2) is 5.11 Å². The quantitative estimate of drug-likeness (QED) is 0.570. The number of hydrogen-bond donors (Lipinski definition) is 2. The zero-order valence-corrected chi connectivity index (χ0v) is 15.7. The van der Waals surface area contributed by atoms with Gasteiger partial charge in [-0.3, -0.25) is 0 Å². The van der Waals surface area contributed by atoms with Crippen LogP contribution >= 0.6 is 12.2 Å². The van der Waals surface area contributed by atoms with Gasteiger partial charge < -0.3 is 20.1 Å². The molecule has 27 heavy (non-hydrogen) atoms. The highest BCUT2D eigenvalue weighted by Crippen LogP contribution is 2.18. The molecule has 0 aliphatic rings. The van der Waals surface area contributed by atoms with E-state index in [2.05, 4.69) is 10.6 Å². The molecular weight excluding hydrogens is 371 g/mol. The predicted octanol–water partition coefficient (Wildman–Crippen LogP) is 3.99. The molecule has 0 atom stereocenters. The van der Waals surface area contributed by atoms with Gasteiger partial charge in [-0.1, -0.05) is 0 Å². The van der Waals surface area contributed by atoms with E-state index in [1.165, 1.54) is 42.5 Å². The molecule has 0 aromatic heterocycles. The monoisotopic (exact) mass is 390 g/mol. The summed E-state index contributed by atoms with van der Waals surface area (Å²) in [6.45, 7) is 3.79. The van der Waals surface area contributed by atoms with E-state index >= 15 is 0 Å². The number of nitrogens with one attached hydrogen (secondary N) is 2. The fraction of sp³-hybridized carbons (Fsp3) is 0.211. The normalized spacial score (nSPS) is 10.0. The number of carbonyl (C=O) groups is 2. The standard InChI is InChI=1S/C19H19FN2O4S/c1-3-25-17(23)12-9-13(18(24)26-4-2)11-16(10-12)22-19(27)21-15-7-5-14(20)6-8-15/h5-11H,3-4H2,1-2H3,(H2,21,22,27). The maximum absolute atomic E-state index is 13.0. The molecule has 0 saturated carbocycles. The third-order valence-electron chi connectivity index (χ3n) is 3.32. The van der Waals surface area contributed by atoms with Crippen LogP contribution in [0.15, 0.2) is 42.5 Å². The summed E-state index contributed by atoms with van der Waals surface area (Å²) in [5.41, 5.74) is 1.37. The first-order valence-corrected chi connectivity index (χ1v) is 8.66. The second-order valence-corrected chi connectivity index (χ2v) is 5.73. The second kappa shape index (κ2) is 9.63. The number of esters is 2. The van der Waals surface area contributed by atoms with Crippen LogP contribution in [0.4, 0.5) is 15.8 Å². The number of thiocarbonyl (C=S) groups is 1. The van der Waals surface area contributed by atoms with E-state index in [1.54, 1.807) is 13.8 Å². The van der Waals surface area contributed by atoms with Crippen molar-refractivity contribution in [1.29, 1.82) is 0 Å². The molecule has 8 heteroatoms. The summed E-state index contributed by atoms with van der Waals surface area (Å²) in [6.07, 6.45) is 0. The molecular formula is C19H19FN2O4S. The van der Waals surface area contributed by atoms with Crippen LogP contribution in [0, 0.1) is 5.82 Å². The SMILES string of the molecule is CCOC(=O)c1cc(NC(=S)Nc2ccc(F)cc2)cc(C(=O)OCC)c1. The summed E-state index contributed by atoms with van der Waals surface area (Å²) in [7, 11) is 0. The Hall–Kier alpha value is -3.00. The van der Waals surface area contributed by atoms with Crippen molar-refractivity contribution in [1.82, 2.24) is 0 Å². The van der Waals surface area contributed by atoms with Crippen molar-refractivity contribution in [2.75, 3.05) is 23.8 Å². The Morgan fingerprint density at radius 3 is 1.85 bits per heavy atom. The molecule has 2 aromatic rings. The molecule has 2 N–H and O–H groups in total. The summed E-state index contributed by atoms with van der Waals surface area (Å²) < 4.78 is 22.9. The zero-order valence-electron chi connectivity index (χ0n) is 14.9. The van der Waals surface area contributed by atoms with Gasteiger partial charge >= 0.3 is 11.9 Å². The Morgan fingerprint density at radius 2 is 1.37 bits per heavy atom. The van der Waals surface area contributed by atoms with Crippen molar-refractivity contribution in [2.24, 2.45) is 0 Å². The van der Waals surface area contributed by atoms with Gasteiger partial charge in [-0.15, -0.1) is 0 Å². The maximum atomic E-state index is 13.0. The van der Waals surface area contributed by atoms with Crippen LogP contribution in [0.1, 0.15) is 34.6 Å². The number of rotatable bonds is 6. The van der Waals surface area contributed by atoms with E-state index in [-0.39, 0.29) is 35.3 Å². The lowest BCUT2D eigenvalue weighted by Crippen LogP contribution is -2.20. The second-order valence-electron chi connectivity index (χ2n) is 5.33. The van der Waals surface area contributed by atoms with Gasteiger partial charge in [0.25, 0.3) is 0 Å². The molecule has 0 unspecified atom stereocenters. The molecule has 0 spiro atoms. The Kier molecular flexibility index (Phi) is 7.25. The highest BCUT2D eigenvalue weighted by atomic mass is 32.1. The van der Waals surface area contributed by atoms with E-state index in [0.717, 1.165) is 0 Å². The highest BCUT2D eigenvalue weighted by Gasteiger charge is 2.15. The molecule has 0 radical (unpaired) electrons. The molecule has 0 saturated heterocycles. The minimum absolute atomic E-state index is 0.189. The predicted molar refractivity (Wildman–Crippen MR) is 105 cm³/mol. The van der Waals surface area contributed by atoms with E-state index in [4.69, 9.17) is 21.7 Å². The Morgan fingerprint density at radius 1 is 0.889 bits per heavy atom. The van der Waals surface area contributed by atoms with Gasteiger partial charge in [-0.05, 0) is 68.5 Å². The van der Waals surface area contributed by atoms with Crippen molar-refractivity contribution in [3.63, 3.8) is 0 Å². The number of ether oxygens (including phenoxy) is 2. The largest absolute Gasteiger partial charge is 0.462 e. The number of hydrogen-bond acceptors (Lipinski definition) is 5. The average molecular weight is 390 g/mol. The molecule has 6 nitrogen and oxygen atoms in total. The van der Waals surface area contributed by atoms with Crippen LogP contribution in [0.25, 0.3) is 0 Å². The zero-order chi connectivity index (χ0) is 19.8. The third-order valence-corrected chi connectivity index (χ3v) is 3.52. The van der Waals surface area contributed by atoms with Crippen molar-refractivity contribution in [3.8, 4) is 0 Å². The van der Waals surface area contributed by atoms with E-state index in [1.807, 2.05) is 0 Å². The van der Waals surface area contributed by atoms with Crippen LogP contribution in [0.5, 0.6) is 0 Å². The summed E-state index contributed by atoms with van der Waals surface area (Å²) in [4.78, 5) is 24.1. The van der Waals surface area contributed by atoms with Gasteiger partial charge in [0.1, 0.15) is 5.82 Å². The average Bonchev–Trinajstić information content (AvgIpc) is 2.63. The van der Waals surface area contributed by atoms with Crippen LogP contribution in [0.3, 0.4) is 0 Å².